The second kappa shape index (κ2) is 6.26. The summed E-state index contributed by atoms with van der Waals surface area (Å²) < 4.78 is 64.2. The van der Waals surface area contributed by atoms with Gasteiger partial charge in [-0.2, -0.15) is 18.3 Å². The van der Waals surface area contributed by atoms with E-state index in [2.05, 4.69) is 5.10 Å². The Morgan fingerprint density at radius 3 is 2.27 bits per heavy atom. The van der Waals surface area contributed by atoms with Crippen molar-refractivity contribution in [1.82, 2.24) is 9.78 Å². The van der Waals surface area contributed by atoms with Crippen molar-refractivity contribution < 1.29 is 21.6 Å². The molecule has 0 radical (unpaired) electrons. The fraction of sp³-hybridized carbons (Fsp3) is 0.118. The van der Waals surface area contributed by atoms with Crippen molar-refractivity contribution in [1.29, 1.82) is 0 Å². The van der Waals surface area contributed by atoms with Crippen molar-refractivity contribution in [3.63, 3.8) is 0 Å². The van der Waals surface area contributed by atoms with E-state index in [0.29, 0.717) is 16.8 Å². The summed E-state index contributed by atoms with van der Waals surface area (Å²) in [6.07, 6.45) is -3.36. The predicted molar refractivity (Wildman–Crippen MR) is 90.1 cm³/mol. The molecule has 3 aromatic rings. The van der Waals surface area contributed by atoms with Gasteiger partial charge in [0.05, 0.1) is 10.6 Å². The Bertz CT molecular complexity index is 1060. The molecule has 0 aliphatic rings. The molecule has 0 saturated heterocycles. The van der Waals surface area contributed by atoms with Gasteiger partial charge in [0.1, 0.15) is 0 Å². The van der Waals surface area contributed by atoms with Gasteiger partial charge in [0.2, 0.25) is 10.0 Å². The van der Waals surface area contributed by atoms with Gasteiger partial charge in [-0.1, -0.05) is 30.3 Å². The number of benzene rings is 2. The average molecular weight is 381 g/mol. The minimum absolute atomic E-state index is 0.0620. The molecule has 0 bridgehead atoms. The Morgan fingerprint density at radius 2 is 1.73 bits per heavy atom. The molecule has 0 aliphatic heterocycles. The fourth-order valence-corrected chi connectivity index (χ4v) is 3.20. The van der Waals surface area contributed by atoms with Crippen LogP contribution in [0.4, 0.5) is 13.2 Å². The van der Waals surface area contributed by atoms with Crippen molar-refractivity contribution in [2.45, 2.75) is 18.0 Å². The number of hydrogen-bond acceptors (Lipinski definition) is 3. The smallest absolute Gasteiger partial charge is 0.239 e. The van der Waals surface area contributed by atoms with Gasteiger partial charge in [-0.25, -0.2) is 18.2 Å². The lowest BCUT2D eigenvalue weighted by atomic mass is 10.1. The highest BCUT2D eigenvalue weighted by atomic mass is 32.2. The number of sulfonamides is 1. The Balaban J connectivity index is 2.17. The van der Waals surface area contributed by atoms with Crippen LogP contribution in [0.1, 0.15) is 11.3 Å². The summed E-state index contributed by atoms with van der Waals surface area (Å²) in [5.74, 6) is 0. The van der Waals surface area contributed by atoms with Gasteiger partial charge in [0.15, 0.2) is 5.69 Å². The van der Waals surface area contributed by atoms with Crippen molar-refractivity contribution in [3.8, 4) is 16.8 Å². The van der Waals surface area contributed by atoms with Crippen molar-refractivity contribution >= 4 is 10.0 Å². The number of halogens is 3. The topological polar surface area (TPSA) is 78.0 Å². The number of aryl methyl sites for hydroxylation is 1. The normalized spacial score (nSPS) is 12.3. The average Bonchev–Trinajstić information content (AvgIpc) is 3.00. The molecule has 0 aliphatic carbocycles. The van der Waals surface area contributed by atoms with Gasteiger partial charge in [-0.3, -0.25) is 0 Å². The molecule has 0 saturated carbocycles. The van der Waals surface area contributed by atoms with Crippen LogP contribution in [0, 0.1) is 6.92 Å². The monoisotopic (exact) mass is 381 g/mol. The molecule has 1 aromatic heterocycles. The van der Waals surface area contributed by atoms with Gasteiger partial charge in [0, 0.05) is 11.8 Å². The number of primary sulfonamides is 1. The molecule has 0 spiro atoms. The number of nitrogens with two attached hydrogens (primary N) is 1. The number of nitrogens with zero attached hydrogens (tertiary/aromatic N) is 2. The summed E-state index contributed by atoms with van der Waals surface area (Å²) >= 11 is 0. The molecule has 3 rings (SSSR count). The molecule has 26 heavy (non-hydrogen) atoms. The SMILES string of the molecule is Cc1cc(S(N)(=O)=O)ccc1-n1cc(-c2ccccc2)c(C(F)(F)F)n1. The first-order valence-electron chi connectivity index (χ1n) is 7.43. The lowest BCUT2D eigenvalue weighted by molar-refractivity contribution is -0.140. The Labute approximate surface area is 147 Å². The van der Waals surface area contributed by atoms with Crippen LogP contribution in [-0.2, 0) is 16.2 Å². The highest BCUT2D eigenvalue weighted by Crippen LogP contribution is 2.36. The zero-order chi connectivity index (χ0) is 19.1. The van der Waals surface area contributed by atoms with Crippen LogP contribution in [0.15, 0.2) is 59.6 Å². The lowest BCUT2D eigenvalue weighted by Gasteiger charge is -2.08. The molecule has 136 valence electrons. The van der Waals surface area contributed by atoms with Gasteiger partial charge in [-0.05, 0) is 36.2 Å². The Kier molecular flexibility index (Phi) is 4.37. The van der Waals surface area contributed by atoms with E-state index in [9.17, 15) is 21.6 Å². The molecule has 5 nitrogen and oxygen atoms in total. The van der Waals surface area contributed by atoms with Crippen LogP contribution in [0.25, 0.3) is 16.8 Å². The Hall–Kier alpha value is -2.65. The molecule has 0 amide bonds. The van der Waals surface area contributed by atoms with E-state index in [1.54, 1.807) is 37.3 Å². The molecule has 0 atom stereocenters. The summed E-state index contributed by atoms with van der Waals surface area (Å²) in [7, 11) is -3.90. The van der Waals surface area contributed by atoms with Crippen LogP contribution in [0.2, 0.25) is 0 Å². The molecular formula is C17H14F3N3O2S. The minimum Gasteiger partial charge on any atom is -0.239 e. The van der Waals surface area contributed by atoms with E-state index < -0.39 is 21.9 Å². The van der Waals surface area contributed by atoms with Gasteiger partial charge in [-0.15, -0.1) is 0 Å². The summed E-state index contributed by atoms with van der Waals surface area (Å²) in [5, 5.41) is 8.77. The van der Waals surface area contributed by atoms with Crippen LogP contribution >= 0.6 is 0 Å². The first-order valence-corrected chi connectivity index (χ1v) is 8.98. The standard InChI is InChI=1S/C17H14F3N3O2S/c1-11-9-13(26(21,24)25)7-8-15(11)23-10-14(12-5-3-2-4-6-12)16(22-23)17(18,19)20/h2-10H,1H3,(H2,21,24,25). The second-order valence-corrected chi connectivity index (χ2v) is 7.25. The van der Waals surface area contributed by atoms with E-state index in [1.807, 2.05) is 0 Å². The molecule has 1 heterocycles. The fourth-order valence-electron chi connectivity index (χ4n) is 2.60. The maximum absolute atomic E-state index is 13.4. The van der Waals surface area contributed by atoms with Crippen molar-refractivity contribution in [2.75, 3.05) is 0 Å². The zero-order valence-corrected chi connectivity index (χ0v) is 14.3. The van der Waals surface area contributed by atoms with E-state index >= 15 is 0 Å². The number of rotatable bonds is 3. The number of aromatic nitrogens is 2. The number of hydrogen-bond donors (Lipinski definition) is 1. The van der Waals surface area contributed by atoms with Gasteiger partial charge >= 0.3 is 6.18 Å². The quantitative estimate of drug-likeness (QED) is 0.754. The maximum Gasteiger partial charge on any atom is 0.435 e. The van der Waals surface area contributed by atoms with Crippen LogP contribution in [0.3, 0.4) is 0 Å². The van der Waals surface area contributed by atoms with Crippen molar-refractivity contribution in [3.05, 3.63) is 66.0 Å². The first-order chi connectivity index (χ1) is 12.1. The summed E-state index contributed by atoms with van der Waals surface area (Å²) in [5.41, 5.74) is 0.0500. The number of alkyl halides is 3. The third-order valence-electron chi connectivity index (χ3n) is 3.81. The summed E-state index contributed by atoms with van der Waals surface area (Å²) in [6.45, 7) is 1.57. The largest absolute Gasteiger partial charge is 0.435 e. The zero-order valence-electron chi connectivity index (χ0n) is 13.5. The minimum atomic E-state index is -4.63. The van der Waals surface area contributed by atoms with E-state index in [4.69, 9.17) is 5.14 Å². The van der Waals surface area contributed by atoms with Crippen LogP contribution < -0.4 is 5.14 Å². The molecule has 2 aromatic carbocycles. The van der Waals surface area contributed by atoms with E-state index in [1.165, 1.54) is 24.4 Å². The van der Waals surface area contributed by atoms with E-state index in [0.717, 1.165) is 4.68 Å². The predicted octanol–water partition coefficient (Wildman–Crippen LogP) is 3.51. The Morgan fingerprint density at radius 1 is 1.08 bits per heavy atom. The molecule has 0 fully saturated rings. The second-order valence-electron chi connectivity index (χ2n) is 5.69. The summed E-state index contributed by atoms with van der Waals surface area (Å²) in [4.78, 5) is -0.120. The molecule has 2 N–H and O–H groups in total. The molecular weight excluding hydrogens is 367 g/mol. The van der Waals surface area contributed by atoms with Crippen LogP contribution in [0.5, 0.6) is 0 Å². The van der Waals surface area contributed by atoms with Crippen LogP contribution in [-0.4, -0.2) is 18.2 Å². The third kappa shape index (κ3) is 3.49. The highest BCUT2D eigenvalue weighted by Gasteiger charge is 2.37. The lowest BCUT2D eigenvalue weighted by Crippen LogP contribution is -2.13. The van der Waals surface area contributed by atoms with Crippen molar-refractivity contribution in [2.24, 2.45) is 5.14 Å². The summed E-state index contributed by atoms with van der Waals surface area (Å²) in [6, 6.07) is 12.0. The third-order valence-corrected chi connectivity index (χ3v) is 4.72. The highest BCUT2D eigenvalue weighted by molar-refractivity contribution is 7.89. The first kappa shape index (κ1) is 18.2. The molecule has 9 heteroatoms. The maximum atomic E-state index is 13.4. The van der Waals surface area contributed by atoms with E-state index in [-0.39, 0.29) is 10.5 Å². The van der Waals surface area contributed by atoms with Gasteiger partial charge in [0.25, 0.3) is 0 Å². The molecule has 0 unspecified atom stereocenters. The van der Waals surface area contributed by atoms with Gasteiger partial charge < -0.3 is 0 Å².